The predicted octanol–water partition coefficient (Wildman–Crippen LogP) is 3.90. The number of nitrogens with zero attached hydrogens (tertiary/aromatic N) is 6. The van der Waals surface area contributed by atoms with Crippen LogP contribution in [0.25, 0.3) is 5.65 Å². The minimum atomic E-state index is -0.0861. The Morgan fingerprint density at radius 3 is 2.88 bits per heavy atom. The Morgan fingerprint density at radius 2 is 2.09 bits per heavy atom. The van der Waals surface area contributed by atoms with Crippen LogP contribution in [0.1, 0.15) is 58.9 Å². The molecule has 2 atom stereocenters. The van der Waals surface area contributed by atoms with E-state index in [1.165, 1.54) is 0 Å². The van der Waals surface area contributed by atoms with E-state index < -0.39 is 0 Å². The largest absolute Gasteiger partial charge is 0.380 e. The van der Waals surface area contributed by atoms with E-state index in [1.807, 2.05) is 52.9 Å². The smallest absolute Gasteiger partial charge is 0.254 e. The number of fused-ring (bicyclic) bond motifs is 1. The molecule has 2 aliphatic rings. The molecule has 2 fully saturated rings. The summed E-state index contributed by atoms with van der Waals surface area (Å²) < 4.78 is 7.14. The minimum Gasteiger partial charge on any atom is -0.380 e. The number of rotatable bonds is 5. The van der Waals surface area contributed by atoms with E-state index in [9.17, 15) is 10.1 Å². The van der Waals surface area contributed by atoms with E-state index in [4.69, 9.17) is 14.8 Å². The third kappa shape index (κ3) is 4.12. The van der Waals surface area contributed by atoms with Crippen LogP contribution < -0.4 is 4.90 Å². The lowest BCUT2D eigenvalue weighted by atomic mass is 9.97. The molecule has 0 bridgehead atoms. The van der Waals surface area contributed by atoms with Gasteiger partial charge in [0.05, 0.1) is 30.3 Å². The zero-order valence-corrected chi connectivity index (χ0v) is 19.8. The number of benzene rings is 1. The number of ether oxygens (including phenoxy) is 1. The second-order valence-corrected chi connectivity index (χ2v) is 9.28. The molecule has 3 aromatic rings. The van der Waals surface area contributed by atoms with Gasteiger partial charge in [-0.3, -0.25) is 4.79 Å². The predicted molar refractivity (Wildman–Crippen MR) is 128 cm³/mol. The first-order chi connectivity index (χ1) is 16.6. The molecular weight excluding hydrogens is 428 g/mol. The summed E-state index contributed by atoms with van der Waals surface area (Å²) in [6.45, 7) is 4.71. The summed E-state index contributed by atoms with van der Waals surface area (Å²) in [6, 6.07) is 12.0. The highest BCUT2D eigenvalue weighted by Gasteiger charge is 2.32. The van der Waals surface area contributed by atoms with Gasteiger partial charge >= 0.3 is 0 Å². The van der Waals surface area contributed by atoms with Gasteiger partial charge in [-0.15, -0.1) is 0 Å². The van der Waals surface area contributed by atoms with Gasteiger partial charge in [-0.1, -0.05) is 18.2 Å². The maximum atomic E-state index is 13.6. The van der Waals surface area contributed by atoms with Crippen LogP contribution in [0.2, 0.25) is 0 Å². The maximum Gasteiger partial charge on any atom is 0.254 e. The fraction of sp³-hybridized carbons (Fsp3) is 0.462. The summed E-state index contributed by atoms with van der Waals surface area (Å²) in [5.41, 5.74) is 4.27. The molecule has 0 spiro atoms. The van der Waals surface area contributed by atoms with Crippen LogP contribution in [-0.2, 0) is 11.3 Å². The summed E-state index contributed by atoms with van der Waals surface area (Å²) in [5, 5.41) is 14.1. The molecule has 2 aliphatic heterocycles. The number of aryl methyl sites for hydroxylation is 1. The third-order valence-electron chi connectivity index (χ3n) is 6.95. The highest BCUT2D eigenvalue weighted by molar-refractivity contribution is 5.96. The Labute approximate surface area is 199 Å². The summed E-state index contributed by atoms with van der Waals surface area (Å²) in [6.07, 6.45) is 5.80. The van der Waals surface area contributed by atoms with E-state index in [2.05, 4.69) is 11.0 Å². The van der Waals surface area contributed by atoms with E-state index >= 15 is 0 Å². The van der Waals surface area contributed by atoms with Crippen molar-refractivity contribution in [2.24, 2.45) is 5.92 Å². The number of hydrogen-bond donors (Lipinski definition) is 0. The summed E-state index contributed by atoms with van der Waals surface area (Å²) >= 11 is 0. The number of anilines is 1. The molecule has 5 rings (SSSR count). The average Bonchev–Trinajstić information content (AvgIpc) is 3.50. The fourth-order valence-electron chi connectivity index (χ4n) is 5.21. The van der Waals surface area contributed by atoms with Crippen LogP contribution in [0.4, 0.5) is 5.82 Å². The molecule has 1 aromatic carbocycles. The maximum absolute atomic E-state index is 13.6. The summed E-state index contributed by atoms with van der Waals surface area (Å²) in [4.78, 5) is 22.7. The lowest BCUT2D eigenvalue weighted by molar-refractivity contribution is 0.0601. The number of piperidine rings is 1. The van der Waals surface area contributed by atoms with Gasteiger partial charge in [0, 0.05) is 50.1 Å². The molecular formula is C26H30N6O2. The highest BCUT2D eigenvalue weighted by Crippen LogP contribution is 2.33. The van der Waals surface area contributed by atoms with Gasteiger partial charge in [0.1, 0.15) is 5.82 Å². The van der Waals surface area contributed by atoms with Gasteiger partial charge in [0.2, 0.25) is 0 Å². The number of nitriles is 1. The topological polar surface area (TPSA) is 86.8 Å². The zero-order chi connectivity index (χ0) is 23.7. The molecule has 0 radical (unpaired) electrons. The molecule has 4 heterocycles. The van der Waals surface area contributed by atoms with Gasteiger partial charge < -0.3 is 14.5 Å². The zero-order valence-electron chi connectivity index (χ0n) is 19.8. The number of carbonyl (C=O) groups is 1. The van der Waals surface area contributed by atoms with Crippen molar-refractivity contribution in [1.29, 1.82) is 5.26 Å². The number of likely N-dealkylation sites (tertiary alicyclic amines) is 1. The van der Waals surface area contributed by atoms with Crippen LogP contribution in [0.3, 0.4) is 0 Å². The number of methoxy groups -OCH3 is 1. The molecule has 0 aliphatic carbocycles. The van der Waals surface area contributed by atoms with E-state index in [0.717, 1.165) is 60.5 Å². The Kier molecular flexibility index (Phi) is 6.20. The molecule has 0 N–H and O–H groups in total. The quantitative estimate of drug-likeness (QED) is 0.576. The first kappa shape index (κ1) is 22.4. The van der Waals surface area contributed by atoms with Crippen LogP contribution in [0, 0.1) is 24.2 Å². The van der Waals surface area contributed by atoms with Crippen molar-refractivity contribution in [3.63, 3.8) is 0 Å². The van der Waals surface area contributed by atoms with Crippen LogP contribution in [0.15, 0.2) is 36.5 Å². The fourth-order valence-corrected chi connectivity index (χ4v) is 5.21. The summed E-state index contributed by atoms with van der Waals surface area (Å²) in [5.74, 6) is 1.00. The van der Waals surface area contributed by atoms with Gasteiger partial charge in [-0.05, 0) is 44.2 Å². The third-order valence-corrected chi connectivity index (χ3v) is 6.95. The molecule has 1 amide bonds. The van der Waals surface area contributed by atoms with Gasteiger partial charge in [-0.2, -0.15) is 10.4 Å². The number of amides is 1. The van der Waals surface area contributed by atoms with Crippen molar-refractivity contribution < 1.29 is 9.53 Å². The van der Waals surface area contributed by atoms with Crippen LogP contribution in [0.5, 0.6) is 0 Å². The van der Waals surface area contributed by atoms with Crippen molar-refractivity contribution >= 4 is 17.4 Å². The second-order valence-electron chi connectivity index (χ2n) is 9.28. The van der Waals surface area contributed by atoms with Gasteiger partial charge in [0.15, 0.2) is 5.65 Å². The van der Waals surface area contributed by atoms with E-state index in [1.54, 1.807) is 7.11 Å². The number of hydrogen-bond acceptors (Lipinski definition) is 6. The van der Waals surface area contributed by atoms with Crippen molar-refractivity contribution in [3.05, 3.63) is 58.9 Å². The summed E-state index contributed by atoms with van der Waals surface area (Å²) in [7, 11) is 1.65. The van der Waals surface area contributed by atoms with Crippen molar-refractivity contribution in [1.82, 2.24) is 19.5 Å². The molecule has 34 heavy (non-hydrogen) atoms. The van der Waals surface area contributed by atoms with Gasteiger partial charge in [0.25, 0.3) is 5.91 Å². The van der Waals surface area contributed by atoms with Crippen molar-refractivity contribution in [3.8, 4) is 6.07 Å². The van der Waals surface area contributed by atoms with Crippen LogP contribution in [-0.4, -0.2) is 52.1 Å². The van der Waals surface area contributed by atoms with E-state index in [0.29, 0.717) is 25.3 Å². The number of aromatic nitrogens is 3. The monoisotopic (exact) mass is 458 g/mol. The highest BCUT2D eigenvalue weighted by atomic mass is 16.5. The van der Waals surface area contributed by atoms with Crippen LogP contribution >= 0.6 is 0 Å². The molecule has 8 nitrogen and oxygen atoms in total. The van der Waals surface area contributed by atoms with Crippen molar-refractivity contribution in [2.75, 3.05) is 31.6 Å². The molecule has 0 unspecified atom stereocenters. The lowest BCUT2D eigenvalue weighted by Crippen LogP contribution is -2.39. The average molecular weight is 459 g/mol. The Balaban J connectivity index is 1.46. The molecule has 2 aromatic heterocycles. The molecule has 0 saturated carbocycles. The molecule has 2 saturated heterocycles. The van der Waals surface area contributed by atoms with E-state index in [-0.39, 0.29) is 17.9 Å². The number of carbonyl (C=O) groups excluding carboxylic acids is 1. The molecule has 176 valence electrons. The minimum absolute atomic E-state index is 0.0267. The normalized spacial score (nSPS) is 20.6. The SMILES string of the molecule is COCc1ccccc1C(=O)N1CCCC[C@H]1c1cc2nc(N3CC[C@@H](C#N)C3)c(C)cn2n1. The van der Waals surface area contributed by atoms with Gasteiger partial charge in [-0.25, -0.2) is 9.50 Å². The second kappa shape index (κ2) is 9.43. The lowest BCUT2D eigenvalue weighted by Gasteiger charge is -2.35. The Bertz CT molecular complexity index is 1250. The standard InChI is InChI=1S/C26H30N6O2/c1-18-15-32-24(28-25(18)30-12-10-19(14-27)16-30)13-22(29-32)23-9-5-6-11-31(23)26(33)21-8-4-3-7-20(21)17-34-2/h3-4,7-8,13,15,19,23H,5-6,9-12,16-17H2,1-2H3/t19-,23-/m0/s1. The molecule has 8 heteroatoms. The first-order valence-corrected chi connectivity index (χ1v) is 12.0. The van der Waals surface area contributed by atoms with Crippen molar-refractivity contribution in [2.45, 2.75) is 45.3 Å². The Morgan fingerprint density at radius 1 is 1.24 bits per heavy atom. The Hall–Kier alpha value is -3.44. The first-order valence-electron chi connectivity index (χ1n) is 12.0.